The zero-order valence-corrected chi connectivity index (χ0v) is 11.8. The lowest BCUT2D eigenvalue weighted by molar-refractivity contribution is 0.591. The third-order valence-electron chi connectivity index (χ3n) is 3.37. The van der Waals surface area contributed by atoms with Crippen LogP contribution in [0.25, 0.3) is 11.3 Å². The molecular weight excluding hydrogens is 232 g/mol. The van der Waals surface area contributed by atoms with Crippen LogP contribution in [-0.4, -0.2) is 4.98 Å². The van der Waals surface area contributed by atoms with Crippen LogP contribution in [0.4, 0.5) is 0 Å². The summed E-state index contributed by atoms with van der Waals surface area (Å²) in [5.74, 6) is 0. The Morgan fingerprint density at radius 1 is 1.11 bits per heavy atom. The van der Waals surface area contributed by atoms with E-state index in [1.54, 1.807) is 0 Å². The molecule has 2 heteroatoms. The molecule has 2 N–H and O–H groups in total. The summed E-state index contributed by atoms with van der Waals surface area (Å²) >= 11 is 0. The molecule has 19 heavy (non-hydrogen) atoms. The summed E-state index contributed by atoms with van der Waals surface area (Å²) < 4.78 is 0. The van der Waals surface area contributed by atoms with Crippen molar-refractivity contribution in [2.75, 3.05) is 0 Å². The molecule has 100 valence electrons. The Morgan fingerprint density at radius 3 is 2.53 bits per heavy atom. The molecular formula is C17H22N2. The molecule has 0 bridgehead atoms. The Hall–Kier alpha value is -1.67. The van der Waals surface area contributed by atoms with Crippen LogP contribution in [0.1, 0.15) is 43.5 Å². The Bertz CT molecular complexity index is 517. The predicted octanol–water partition coefficient (Wildman–Crippen LogP) is 4.25. The van der Waals surface area contributed by atoms with Gasteiger partial charge in [-0.25, -0.2) is 0 Å². The molecule has 0 aliphatic rings. The molecule has 0 fully saturated rings. The highest BCUT2D eigenvalue weighted by atomic mass is 14.8. The van der Waals surface area contributed by atoms with Gasteiger partial charge in [0.15, 0.2) is 0 Å². The summed E-state index contributed by atoms with van der Waals surface area (Å²) in [6, 6.07) is 14.6. The molecule has 0 amide bonds. The van der Waals surface area contributed by atoms with Crippen molar-refractivity contribution < 1.29 is 0 Å². The van der Waals surface area contributed by atoms with Crippen molar-refractivity contribution in [3.05, 3.63) is 53.7 Å². The Morgan fingerprint density at radius 2 is 1.84 bits per heavy atom. The first kappa shape index (κ1) is 13.8. The number of aromatic nitrogens is 1. The van der Waals surface area contributed by atoms with Crippen LogP contribution < -0.4 is 5.73 Å². The maximum Gasteiger partial charge on any atom is 0.0706 e. The van der Waals surface area contributed by atoms with Crippen LogP contribution in [0.5, 0.6) is 0 Å². The van der Waals surface area contributed by atoms with Crippen molar-refractivity contribution in [2.45, 2.75) is 39.2 Å². The fraction of sp³-hybridized carbons (Fsp3) is 0.353. The van der Waals surface area contributed by atoms with E-state index in [0.29, 0.717) is 0 Å². The fourth-order valence-corrected chi connectivity index (χ4v) is 2.11. The molecule has 0 aliphatic heterocycles. The van der Waals surface area contributed by atoms with Gasteiger partial charge in [-0.05, 0) is 25.5 Å². The number of pyridine rings is 1. The molecule has 1 aromatic heterocycles. The standard InChI is InChI=1S/C17H22N2/c1-3-4-6-15(18)17-8-5-7-16(19-17)14-11-9-13(2)10-12-14/h5,7-12,15H,3-4,6,18H2,1-2H3. The molecule has 0 spiro atoms. The zero-order valence-electron chi connectivity index (χ0n) is 11.8. The Balaban J connectivity index is 2.21. The molecule has 2 aromatic rings. The summed E-state index contributed by atoms with van der Waals surface area (Å²) in [4.78, 5) is 4.70. The number of hydrogen-bond donors (Lipinski definition) is 1. The van der Waals surface area contributed by atoms with Crippen LogP contribution in [0.2, 0.25) is 0 Å². The maximum atomic E-state index is 6.19. The maximum absolute atomic E-state index is 6.19. The number of rotatable bonds is 5. The van der Waals surface area contributed by atoms with Gasteiger partial charge in [-0.2, -0.15) is 0 Å². The first-order valence-corrected chi connectivity index (χ1v) is 7.00. The van der Waals surface area contributed by atoms with Crippen LogP contribution in [0.15, 0.2) is 42.5 Å². The molecule has 1 aromatic carbocycles. The van der Waals surface area contributed by atoms with Gasteiger partial charge in [-0.1, -0.05) is 55.7 Å². The first-order chi connectivity index (χ1) is 9.20. The Kier molecular flexibility index (Phi) is 4.69. The van der Waals surface area contributed by atoms with Gasteiger partial charge in [0, 0.05) is 11.6 Å². The highest BCUT2D eigenvalue weighted by molar-refractivity contribution is 5.59. The van der Waals surface area contributed by atoms with Crippen LogP contribution in [0.3, 0.4) is 0 Å². The summed E-state index contributed by atoms with van der Waals surface area (Å²) in [5.41, 5.74) is 10.6. The highest BCUT2D eigenvalue weighted by Gasteiger charge is 2.08. The number of aryl methyl sites for hydroxylation is 1. The van der Waals surface area contributed by atoms with E-state index in [-0.39, 0.29) is 6.04 Å². The van der Waals surface area contributed by atoms with Gasteiger partial charge in [0.1, 0.15) is 0 Å². The van der Waals surface area contributed by atoms with E-state index < -0.39 is 0 Å². The lowest BCUT2D eigenvalue weighted by Crippen LogP contribution is -2.12. The average Bonchev–Trinajstić information content (AvgIpc) is 2.45. The van der Waals surface area contributed by atoms with Crippen molar-refractivity contribution in [1.29, 1.82) is 0 Å². The number of hydrogen-bond acceptors (Lipinski definition) is 2. The van der Waals surface area contributed by atoms with Gasteiger partial charge >= 0.3 is 0 Å². The molecule has 1 unspecified atom stereocenters. The quantitative estimate of drug-likeness (QED) is 0.866. The van der Waals surface area contributed by atoms with Gasteiger partial charge in [0.25, 0.3) is 0 Å². The molecule has 1 atom stereocenters. The molecule has 1 heterocycles. The third kappa shape index (κ3) is 3.65. The van der Waals surface area contributed by atoms with E-state index in [9.17, 15) is 0 Å². The van der Waals surface area contributed by atoms with E-state index >= 15 is 0 Å². The van der Waals surface area contributed by atoms with Crippen molar-refractivity contribution in [2.24, 2.45) is 5.73 Å². The van der Waals surface area contributed by atoms with E-state index in [1.807, 2.05) is 18.2 Å². The van der Waals surface area contributed by atoms with E-state index in [0.717, 1.165) is 29.8 Å². The molecule has 0 saturated carbocycles. The van der Waals surface area contributed by atoms with E-state index in [4.69, 9.17) is 10.7 Å². The van der Waals surface area contributed by atoms with Crippen LogP contribution in [-0.2, 0) is 0 Å². The third-order valence-corrected chi connectivity index (χ3v) is 3.37. The summed E-state index contributed by atoms with van der Waals surface area (Å²) in [7, 11) is 0. The predicted molar refractivity (Wildman–Crippen MR) is 80.9 cm³/mol. The van der Waals surface area contributed by atoms with Gasteiger partial charge in [0.2, 0.25) is 0 Å². The zero-order chi connectivity index (χ0) is 13.7. The number of benzene rings is 1. The topological polar surface area (TPSA) is 38.9 Å². The van der Waals surface area contributed by atoms with Crippen LogP contribution >= 0.6 is 0 Å². The Labute approximate surface area is 115 Å². The van der Waals surface area contributed by atoms with Gasteiger partial charge in [0.05, 0.1) is 11.4 Å². The van der Waals surface area contributed by atoms with Crippen molar-refractivity contribution in [1.82, 2.24) is 4.98 Å². The number of unbranched alkanes of at least 4 members (excludes halogenated alkanes) is 1. The first-order valence-electron chi connectivity index (χ1n) is 7.00. The second-order valence-corrected chi connectivity index (χ2v) is 5.06. The van der Waals surface area contributed by atoms with E-state index in [1.165, 1.54) is 12.0 Å². The van der Waals surface area contributed by atoms with Crippen molar-refractivity contribution in [3.63, 3.8) is 0 Å². The summed E-state index contributed by atoms with van der Waals surface area (Å²) in [6.07, 6.45) is 3.32. The molecule has 0 radical (unpaired) electrons. The van der Waals surface area contributed by atoms with Crippen LogP contribution in [0, 0.1) is 6.92 Å². The van der Waals surface area contributed by atoms with Crippen molar-refractivity contribution in [3.8, 4) is 11.3 Å². The van der Waals surface area contributed by atoms with E-state index in [2.05, 4.69) is 38.1 Å². The lowest BCUT2D eigenvalue weighted by atomic mass is 10.0. The van der Waals surface area contributed by atoms with Gasteiger partial charge in [-0.3, -0.25) is 4.98 Å². The minimum atomic E-state index is 0.0466. The SMILES string of the molecule is CCCCC(N)c1cccc(-c2ccc(C)cc2)n1. The number of nitrogens with zero attached hydrogens (tertiary/aromatic N) is 1. The van der Waals surface area contributed by atoms with Crippen molar-refractivity contribution >= 4 is 0 Å². The lowest BCUT2D eigenvalue weighted by Gasteiger charge is -2.12. The summed E-state index contributed by atoms with van der Waals surface area (Å²) in [6.45, 7) is 4.27. The minimum absolute atomic E-state index is 0.0466. The normalized spacial score (nSPS) is 12.4. The molecule has 0 aliphatic carbocycles. The minimum Gasteiger partial charge on any atom is -0.323 e. The monoisotopic (exact) mass is 254 g/mol. The highest BCUT2D eigenvalue weighted by Crippen LogP contribution is 2.21. The molecule has 2 rings (SSSR count). The molecule has 0 saturated heterocycles. The number of nitrogens with two attached hydrogens (primary N) is 1. The van der Waals surface area contributed by atoms with Gasteiger partial charge < -0.3 is 5.73 Å². The van der Waals surface area contributed by atoms with Gasteiger partial charge in [-0.15, -0.1) is 0 Å². The second kappa shape index (κ2) is 6.48. The largest absolute Gasteiger partial charge is 0.323 e. The average molecular weight is 254 g/mol. The molecule has 2 nitrogen and oxygen atoms in total. The summed E-state index contributed by atoms with van der Waals surface area (Å²) in [5, 5.41) is 0. The smallest absolute Gasteiger partial charge is 0.0706 e. The fourth-order valence-electron chi connectivity index (χ4n) is 2.11. The second-order valence-electron chi connectivity index (χ2n) is 5.06.